The third-order valence-corrected chi connectivity index (χ3v) is 2.24. The fourth-order valence-corrected chi connectivity index (χ4v) is 1.54. The highest BCUT2D eigenvalue weighted by molar-refractivity contribution is 4.99. The summed E-state index contributed by atoms with van der Waals surface area (Å²) < 4.78 is 1.90. The number of nitrogens with zero attached hydrogens (tertiary/aromatic N) is 3. The molecule has 92 valence electrons. The lowest BCUT2D eigenvalue weighted by Crippen LogP contribution is -2.36. The Hall–Kier alpha value is -0.910. The molecule has 1 rings (SSSR count). The molecule has 0 aromatic carbocycles. The molecule has 2 N–H and O–H groups in total. The van der Waals surface area contributed by atoms with Crippen molar-refractivity contribution in [1.29, 1.82) is 0 Å². The molecule has 0 amide bonds. The van der Waals surface area contributed by atoms with E-state index in [-0.39, 0.29) is 6.10 Å². The van der Waals surface area contributed by atoms with Gasteiger partial charge in [0.25, 0.3) is 0 Å². The molecule has 0 bridgehead atoms. The van der Waals surface area contributed by atoms with Crippen molar-refractivity contribution in [2.75, 3.05) is 33.7 Å². The van der Waals surface area contributed by atoms with Crippen LogP contribution in [0.25, 0.3) is 0 Å². The number of rotatable bonds is 7. The van der Waals surface area contributed by atoms with Gasteiger partial charge in [0.05, 0.1) is 18.8 Å². The summed E-state index contributed by atoms with van der Waals surface area (Å²) in [7, 11) is 3.91. The topological polar surface area (TPSA) is 53.3 Å². The molecular weight excluding hydrogens is 204 g/mol. The first-order valence-corrected chi connectivity index (χ1v) is 5.60. The summed E-state index contributed by atoms with van der Waals surface area (Å²) in [4.78, 5) is 1.98. The van der Waals surface area contributed by atoms with Crippen molar-refractivity contribution < 1.29 is 5.11 Å². The van der Waals surface area contributed by atoms with Gasteiger partial charge in [-0.2, -0.15) is 5.10 Å². The van der Waals surface area contributed by atoms with Gasteiger partial charge in [-0.05, 0) is 26.6 Å². The van der Waals surface area contributed by atoms with E-state index in [1.165, 1.54) is 5.56 Å². The van der Waals surface area contributed by atoms with Gasteiger partial charge in [0.15, 0.2) is 0 Å². The molecule has 0 spiro atoms. The monoisotopic (exact) mass is 226 g/mol. The summed E-state index contributed by atoms with van der Waals surface area (Å²) in [6.45, 7) is 5.00. The van der Waals surface area contributed by atoms with Crippen LogP contribution in [0.5, 0.6) is 0 Å². The maximum atomic E-state index is 9.59. The highest BCUT2D eigenvalue weighted by atomic mass is 16.3. The van der Waals surface area contributed by atoms with Crippen molar-refractivity contribution in [2.24, 2.45) is 0 Å². The van der Waals surface area contributed by atoms with Gasteiger partial charge in [0.1, 0.15) is 0 Å². The normalized spacial score (nSPS) is 13.3. The predicted octanol–water partition coefficient (Wildman–Crippen LogP) is -0.296. The molecule has 1 unspecified atom stereocenters. The zero-order valence-electron chi connectivity index (χ0n) is 10.3. The van der Waals surface area contributed by atoms with Gasteiger partial charge >= 0.3 is 0 Å². The van der Waals surface area contributed by atoms with E-state index in [1.807, 2.05) is 43.0 Å². The molecule has 1 aromatic heterocycles. The Bertz CT molecular complexity index is 298. The predicted molar refractivity (Wildman–Crippen MR) is 64.4 cm³/mol. The van der Waals surface area contributed by atoms with E-state index in [4.69, 9.17) is 0 Å². The molecule has 0 aliphatic rings. The number of hydrogen-bond donors (Lipinski definition) is 2. The zero-order valence-corrected chi connectivity index (χ0v) is 10.3. The van der Waals surface area contributed by atoms with Gasteiger partial charge in [0, 0.05) is 25.8 Å². The van der Waals surface area contributed by atoms with E-state index in [0.29, 0.717) is 13.1 Å². The first-order chi connectivity index (χ1) is 7.58. The van der Waals surface area contributed by atoms with Gasteiger partial charge < -0.3 is 15.3 Å². The molecule has 0 saturated heterocycles. The lowest BCUT2D eigenvalue weighted by molar-refractivity contribution is 0.134. The molecule has 1 atom stereocenters. The summed E-state index contributed by atoms with van der Waals surface area (Å²) in [6.07, 6.45) is 3.55. The number of nitrogens with one attached hydrogen (secondary N) is 1. The molecule has 16 heavy (non-hydrogen) atoms. The summed E-state index contributed by atoms with van der Waals surface area (Å²) >= 11 is 0. The first kappa shape index (κ1) is 13.2. The number of aryl methyl sites for hydroxylation is 1. The second-order valence-corrected chi connectivity index (χ2v) is 4.40. The SMILES string of the molecule is Cc1cnn(CCNCC(O)CN(C)C)c1. The van der Waals surface area contributed by atoms with Crippen LogP contribution in [0.15, 0.2) is 12.4 Å². The fourth-order valence-electron chi connectivity index (χ4n) is 1.54. The second-order valence-electron chi connectivity index (χ2n) is 4.40. The second kappa shape index (κ2) is 6.62. The molecule has 0 aliphatic heterocycles. The Kier molecular flexibility index (Phi) is 5.45. The van der Waals surface area contributed by atoms with E-state index in [1.54, 1.807) is 0 Å². The number of likely N-dealkylation sites (N-methyl/N-ethyl adjacent to an activating group) is 1. The number of aromatic nitrogens is 2. The largest absolute Gasteiger partial charge is 0.390 e. The first-order valence-electron chi connectivity index (χ1n) is 5.60. The highest BCUT2D eigenvalue weighted by Gasteiger charge is 2.04. The Balaban J connectivity index is 2.07. The average Bonchev–Trinajstić information content (AvgIpc) is 2.58. The van der Waals surface area contributed by atoms with Gasteiger partial charge in [-0.3, -0.25) is 4.68 Å². The van der Waals surface area contributed by atoms with Crippen LogP contribution in [-0.4, -0.2) is 59.6 Å². The summed E-state index contributed by atoms with van der Waals surface area (Å²) in [5, 5.41) is 17.0. The van der Waals surface area contributed by atoms with Crippen molar-refractivity contribution >= 4 is 0 Å². The van der Waals surface area contributed by atoms with Gasteiger partial charge in [-0.1, -0.05) is 0 Å². The minimum absolute atomic E-state index is 0.311. The standard InChI is InChI=1S/C11H22N4O/c1-10-6-13-15(8-10)5-4-12-7-11(16)9-14(2)3/h6,8,11-12,16H,4-5,7,9H2,1-3H3. The lowest BCUT2D eigenvalue weighted by atomic mass is 10.3. The van der Waals surface area contributed by atoms with Crippen molar-refractivity contribution in [3.05, 3.63) is 18.0 Å². The maximum Gasteiger partial charge on any atom is 0.0791 e. The summed E-state index contributed by atoms with van der Waals surface area (Å²) in [5.41, 5.74) is 1.17. The Morgan fingerprint density at radius 1 is 1.56 bits per heavy atom. The van der Waals surface area contributed by atoms with Crippen molar-refractivity contribution in [3.63, 3.8) is 0 Å². The van der Waals surface area contributed by atoms with Gasteiger partial charge in [-0.25, -0.2) is 0 Å². The van der Waals surface area contributed by atoms with Gasteiger partial charge in [0.2, 0.25) is 0 Å². The molecule has 1 heterocycles. The van der Waals surface area contributed by atoms with Crippen LogP contribution in [0.2, 0.25) is 0 Å². The van der Waals surface area contributed by atoms with Crippen molar-refractivity contribution in [2.45, 2.75) is 19.6 Å². The molecule has 0 aliphatic carbocycles. The minimum atomic E-state index is -0.311. The summed E-state index contributed by atoms with van der Waals surface area (Å²) in [6, 6.07) is 0. The van der Waals surface area contributed by atoms with Crippen LogP contribution in [0.1, 0.15) is 5.56 Å². The molecule has 1 aromatic rings. The van der Waals surface area contributed by atoms with E-state index in [0.717, 1.165) is 13.1 Å². The van der Waals surface area contributed by atoms with Crippen LogP contribution >= 0.6 is 0 Å². The lowest BCUT2D eigenvalue weighted by Gasteiger charge is -2.16. The Morgan fingerprint density at radius 2 is 2.31 bits per heavy atom. The van der Waals surface area contributed by atoms with Crippen LogP contribution < -0.4 is 5.32 Å². The van der Waals surface area contributed by atoms with Gasteiger partial charge in [-0.15, -0.1) is 0 Å². The van der Waals surface area contributed by atoms with Crippen LogP contribution in [0, 0.1) is 6.92 Å². The summed E-state index contributed by atoms with van der Waals surface area (Å²) in [5.74, 6) is 0. The highest BCUT2D eigenvalue weighted by Crippen LogP contribution is 1.93. The average molecular weight is 226 g/mol. The smallest absolute Gasteiger partial charge is 0.0791 e. The minimum Gasteiger partial charge on any atom is -0.390 e. The van der Waals surface area contributed by atoms with E-state index in [2.05, 4.69) is 10.4 Å². The van der Waals surface area contributed by atoms with E-state index < -0.39 is 0 Å². The molecule has 5 nitrogen and oxygen atoms in total. The van der Waals surface area contributed by atoms with Crippen LogP contribution in [-0.2, 0) is 6.54 Å². The van der Waals surface area contributed by atoms with Crippen LogP contribution in [0.4, 0.5) is 0 Å². The van der Waals surface area contributed by atoms with E-state index >= 15 is 0 Å². The number of hydrogen-bond acceptors (Lipinski definition) is 4. The zero-order chi connectivity index (χ0) is 12.0. The molecular formula is C11H22N4O. The Labute approximate surface area is 97.1 Å². The van der Waals surface area contributed by atoms with Crippen LogP contribution in [0.3, 0.4) is 0 Å². The van der Waals surface area contributed by atoms with Crippen molar-refractivity contribution in [1.82, 2.24) is 20.0 Å². The quantitative estimate of drug-likeness (QED) is 0.627. The fraction of sp³-hybridized carbons (Fsp3) is 0.727. The molecule has 5 heteroatoms. The Morgan fingerprint density at radius 3 is 2.88 bits per heavy atom. The number of aliphatic hydroxyl groups excluding tert-OH is 1. The molecule has 0 fully saturated rings. The van der Waals surface area contributed by atoms with Crippen molar-refractivity contribution in [3.8, 4) is 0 Å². The number of aliphatic hydroxyl groups is 1. The molecule has 0 saturated carbocycles. The third-order valence-electron chi connectivity index (χ3n) is 2.24. The molecule has 0 radical (unpaired) electrons. The maximum absolute atomic E-state index is 9.59. The third kappa shape index (κ3) is 5.25. The van der Waals surface area contributed by atoms with E-state index in [9.17, 15) is 5.11 Å².